The molecule has 146 valence electrons. The Morgan fingerprint density at radius 2 is 1.89 bits per heavy atom. The third-order valence-electron chi connectivity index (χ3n) is 4.16. The Bertz CT molecular complexity index is 933. The van der Waals surface area contributed by atoms with Gasteiger partial charge in [0.1, 0.15) is 11.3 Å². The number of hydrogen-bond acceptors (Lipinski definition) is 6. The Labute approximate surface area is 162 Å². The molecule has 3 N–H and O–H groups in total. The van der Waals surface area contributed by atoms with Crippen LogP contribution in [0.1, 0.15) is 29.1 Å². The number of rotatable bonds is 8. The van der Waals surface area contributed by atoms with Crippen LogP contribution < -0.4 is 10.6 Å². The third-order valence-corrected chi connectivity index (χ3v) is 4.16. The molecule has 0 bridgehead atoms. The number of carbonyl (C=O) groups excluding carboxylic acids is 2. The minimum absolute atomic E-state index is 0.0640. The van der Waals surface area contributed by atoms with Gasteiger partial charge in [-0.2, -0.15) is 0 Å². The molecule has 1 atom stereocenters. The minimum atomic E-state index is -0.618. The summed E-state index contributed by atoms with van der Waals surface area (Å²) >= 11 is 0. The number of aliphatic hydroxyl groups is 1. The third kappa shape index (κ3) is 4.69. The van der Waals surface area contributed by atoms with Crippen LogP contribution in [0.5, 0.6) is 0 Å². The van der Waals surface area contributed by atoms with Gasteiger partial charge in [0.2, 0.25) is 0 Å². The standard InChI is InChI=1S/C21H22N2O5/c1-14(19-12-15-6-2-5-9-18(15)28-19)23-20(25)13-27-21(26)16-7-3-4-8-17(16)22-10-11-24/h2-9,12,14,22,24H,10-11,13H2,1H3,(H,23,25)/t14-/m1/s1. The second-order valence-electron chi connectivity index (χ2n) is 6.25. The van der Waals surface area contributed by atoms with Crippen LogP contribution in [-0.2, 0) is 9.53 Å². The van der Waals surface area contributed by atoms with E-state index < -0.39 is 18.5 Å². The molecule has 1 aromatic heterocycles. The molecular weight excluding hydrogens is 360 g/mol. The Morgan fingerprint density at radius 3 is 2.68 bits per heavy atom. The maximum absolute atomic E-state index is 12.3. The zero-order valence-corrected chi connectivity index (χ0v) is 15.5. The predicted molar refractivity (Wildman–Crippen MR) is 105 cm³/mol. The van der Waals surface area contributed by atoms with Crippen molar-refractivity contribution in [1.29, 1.82) is 0 Å². The number of para-hydroxylation sites is 2. The molecule has 3 rings (SSSR count). The van der Waals surface area contributed by atoms with Gasteiger partial charge in [-0.15, -0.1) is 0 Å². The lowest BCUT2D eigenvalue weighted by Gasteiger charge is -2.13. The molecule has 2 aromatic carbocycles. The van der Waals surface area contributed by atoms with Crippen LogP contribution in [0.2, 0.25) is 0 Å². The van der Waals surface area contributed by atoms with Crippen molar-refractivity contribution in [2.45, 2.75) is 13.0 Å². The molecule has 0 aliphatic heterocycles. The van der Waals surface area contributed by atoms with Crippen molar-refractivity contribution in [3.63, 3.8) is 0 Å². The largest absolute Gasteiger partial charge is 0.459 e. The number of fused-ring (bicyclic) bond motifs is 1. The van der Waals surface area contributed by atoms with Crippen LogP contribution in [0.3, 0.4) is 0 Å². The lowest BCUT2D eigenvalue weighted by molar-refractivity contribution is -0.125. The fourth-order valence-electron chi connectivity index (χ4n) is 2.78. The normalized spacial score (nSPS) is 11.8. The van der Waals surface area contributed by atoms with Crippen molar-refractivity contribution in [2.24, 2.45) is 0 Å². The van der Waals surface area contributed by atoms with E-state index in [4.69, 9.17) is 14.3 Å². The second-order valence-corrected chi connectivity index (χ2v) is 6.25. The van der Waals surface area contributed by atoms with Crippen LogP contribution in [0.15, 0.2) is 59.0 Å². The summed E-state index contributed by atoms with van der Waals surface area (Å²) in [6, 6.07) is 15.9. The summed E-state index contributed by atoms with van der Waals surface area (Å²) in [6.45, 7) is 1.63. The van der Waals surface area contributed by atoms with Crippen molar-refractivity contribution >= 4 is 28.5 Å². The van der Waals surface area contributed by atoms with Crippen LogP contribution >= 0.6 is 0 Å². The molecule has 28 heavy (non-hydrogen) atoms. The van der Waals surface area contributed by atoms with Gasteiger partial charge in [0.15, 0.2) is 6.61 Å². The lowest BCUT2D eigenvalue weighted by atomic mass is 10.2. The van der Waals surface area contributed by atoms with Crippen LogP contribution in [0.25, 0.3) is 11.0 Å². The van der Waals surface area contributed by atoms with Gasteiger partial charge in [-0.05, 0) is 31.2 Å². The van der Waals surface area contributed by atoms with Gasteiger partial charge in [-0.25, -0.2) is 4.79 Å². The molecule has 3 aromatic rings. The van der Waals surface area contributed by atoms with Gasteiger partial charge in [-0.3, -0.25) is 4.79 Å². The summed E-state index contributed by atoms with van der Waals surface area (Å²) in [5, 5.41) is 15.6. The second kappa shape index (κ2) is 9.05. The first-order valence-electron chi connectivity index (χ1n) is 8.97. The highest BCUT2D eigenvalue weighted by Crippen LogP contribution is 2.23. The number of carbonyl (C=O) groups is 2. The molecule has 7 heteroatoms. The molecule has 0 unspecified atom stereocenters. The molecule has 1 amide bonds. The summed E-state index contributed by atoms with van der Waals surface area (Å²) in [5.41, 5.74) is 1.59. The number of benzene rings is 2. The SMILES string of the molecule is C[C@@H](NC(=O)COC(=O)c1ccccc1NCCO)c1cc2ccccc2o1. The molecule has 0 aliphatic carbocycles. The predicted octanol–water partition coefficient (Wildman–Crippen LogP) is 2.87. The summed E-state index contributed by atoms with van der Waals surface area (Å²) in [6.07, 6.45) is 0. The van der Waals surface area contributed by atoms with Crippen LogP contribution in [0.4, 0.5) is 5.69 Å². The highest BCUT2D eigenvalue weighted by atomic mass is 16.5. The first-order chi connectivity index (χ1) is 13.6. The Hall–Kier alpha value is -3.32. The summed E-state index contributed by atoms with van der Waals surface area (Å²) in [4.78, 5) is 24.4. The van der Waals surface area contributed by atoms with E-state index in [0.29, 0.717) is 23.6 Å². The van der Waals surface area contributed by atoms with Crippen molar-refractivity contribution < 1.29 is 23.8 Å². The zero-order chi connectivity index (χ0) is 19.9. The number of aliphatic hydroxyl groups excluding tert-OH is 1. The maximum Gasteiger partial charge on any atom is 0.340 e. The number of esters is 1. The highest BCUT2D eigenvalue weighted by Gasteiger charge is 2.17. The fourth-order valence-corrected chi connectivity index (χ4v) is 2.78. The lowest BCUT2D eigenvalue weighted by Crippen LogP contribution is -2.31. The molecule has 7 nitrogen and oxygen atoms in total. The van der Waals surface area contributed by atoms with Gasteiger partial charge in [-0.1, -0.05) is 30.3 Å². The minimum Gasteiger partial charge on any atom is -0.459 e. The number of amides is 1. The number of anilines is 1. The Morgan fingerprint density at radius 1 is 1.14 bits per heavy atom. The van der Waals surface area contributed by atoms with Crippen LogP contribution in [-0.4, -0.2) is 36.7 Å². The van der Waals surface area contributed by atoms with E-state index in [1.165, 1.54) is 0 Å². The van der Waals surface area contributed by atoms with Crippen molar-refractivity contribution in [2.75, 3.05) is 25.1 Å². The molecule has 0 spiro atoms. The number of nitrogens with one attached hydrogen (secondary N) is 2. The van der Waals surface area contributed by atoms with Gasteiger partial charge >= 0.3 is 5.97 Å². The molecule has 1 heterocycles. The maximum atomic E-state index is 12.3. The quantitative estimate of drug-likeness (QED) is 0.518. The fraction of sp³-hybridized carbons (Fsp3) is 0.238. The number of hydrogen-bond donors (Lipinski definition) is 3. The van der Waals surface area contributed by atoms with Crippen molar-refractivity contribution in [3.05, 3.63) is 65.9 Å². The Balaban J connectivity index is 1.56. The topological polar surface area (TPSA) is 101 Å². The van der Waals surface area contributed by atoms with E-state index in [0.717, 1.165) is 11.0 Å². The smallest absolute Gasteiger partial charge is 0.340 e. The van der Waals surface area contributed by atoms with E-state index in [1.807, 2.05) is 30.3 Å². The summed E-state index contributed by atoms with van der Waals surface area (Å²) < 4.78 is 10.8. The van der Waals surface area contributed by atoms with E-state index >= 15 is 0 Å². The van der Waals surface area contributed by atoms with Gasteiger partial charge in [0.25, 0.3) is 5.91 Å². The van der Waals surface area contributed by atoms with Gasteiger partial charge < -0.3 is 24.9 Å². The van der Waals surface area contributed by atoms with Crippen molar-refractivity contribution in [3.8, 4) is 0 Å². The monoisotopic (exact) mass is 382 g/mol. The molecule has 0 radical (unpaired) electrons. The van der Waals surface area contributed by atoms with E-state index in [1.54, 1.807) is 31.2 Å². The number of furan rings is 1. The highest BCUT2D eigenvalue weighted by molar-refractivity contribution is 5.96. The number of ether oxygens (including phenoxy) is 1. The zero-order valence-electron chi connectivity index (χ0n) is 15.5. The molecular formula is C21H22N2O5. The first-order valence-corrected chi connectivity index (χ1v) is 8.97. The van der Waals surface area contributed by atoms with Crippen LogP contribution in [0, 0.1) is 0 Å². The van der Waals surface area contributed by atoms with Crippen molar-refractivity contribution in [1.82, 2.24) is 5.32 Å². The average Bonchev–Trinajstić information content (AvgIpc) is 3.15. The molecule has 0 fully saturated rings. The Kier molecular flexibility index (Phi) is 6.29. The summed E-state index contributed by atoms with van der Waals surface area (Å²) in [5.74, 6) is -0.422. The van der Waals surface area contributed by atoms with Gasteiger partial charge in [0, 0.05) is 17.6 Å². The summed E-state index contributed by atoms with van der Waals surface area (Å²) in [7, 11) is 0. The average molecular weight is 382 g/mol. The molecule has 0 saturated carbocycles. The molecule has 0 aliphatic rings. The van der Waals surface area contributed by atoms with Gasteiger partial charge in [0.05, 0.1) is 18.2 Å². The van der Waals surface area contributed by atoms with E-state index in [9.17, 15) is 9.59 Å². The molecule has 0 saturated heterocycles. The first kappa shape index (κ1) is 19.4. The van der Waals surface area contributed by atoms with E-state index in [-0.39, 0.29) is 12.6 Å². The van der Waals surface area contributed by atoms with E-state index in [2.05, 4.69) is 10.6 Å².